The lowest BCUT2D eigenvalue weighted by molar-refractivity contribution is 0.357. The summed E-state index contributed by atoms with van der Waals surface area (Å²) in [4.78, 5) is 10.2. The Morgan fingerprint density at radius 3 is 2.37 bits per heavy atom. The smallest absolute Gasteiger partial charge is 0.159 e. The molecule has 3 aliphatic rings. The minimum Gasteiger partial charge on any atom is -0.233 e. The molecule has 0 saturated heterocycles. The lowest BCUT2D eigenvalue weighted by Crippen LogP contribution is -2.26. The molecule has 0 bridgehead atoms. The Balaban J connectivity index is 1.25. The summed E-state index contributed by atoms with van der Waals surface area (Å²) in [7, 11) is 0. The molecule has 0 N–H and O–H groups in total. The van der Waals surface area contributed by atoms with Crippen LogP contribution in [0.1, 0.15) is 104 Å². The van der Waals surface area contributed by atoms with Crippen LogP contribution in [0.2, 0.25) is 0 Å². The number of amidine groups is 1. The average molecular weight is 681 g/mol. The van der Waals surface area contributed by atoms with E-state index >= 15 is 0 Å². The van der Waals surface area contributed by atoms with E-state index in [0.717, 1.165) is 72.1 Å². The summed E-state index contributed by atoms with van der Waals surface area (Å²) in [5, 5.41) is 0. The Bertz CT molecular complexity index is 2040. The van der Waals surface area contributed by atoms with E-state index in [9.17, 15) is 0 Å². The minimum atomic E-state index is 0.00354. The lowest BCUT2D eigenvalue weighted by Gasteiger charge is -2.35. The van der Waals surface area contributed by atoms with E-state index in [1.165, 1.54) is 41.5 Å². The van der Waals surface area contributed by atoms with Gasteiger partial charge in [-0.15, -0.1) is 0 Å². The lowest BCUT2D eigenvalue weighted by atomic mass is 9.69. The summed E-state index contributed by atoms with van der Waals surface area (Å²) in [5.41, 5.74) is 12.4. The molecule has 52 heavy (non-hydrogen) atoms. The van der Waals surface area contributed by atoms with Crippen molar-refractivity contribution in [3.63, 3.8) is 0 Å². The zero-order valence-corrected chi connectivity index (χ0v) is 31.0. The molecule has 1 saturated carbocycles. The SMILES string of the molecule is C=C/C(=C\C=C\C1(c2ccc(C(=C)N=C(N=C(C)c3cccc(/C=C\C=C/C)c3)C3=CCCC=C3)cc2)CCCCC1)c1ccc2c(c1)C=CCC2. The molecule has 3 aromatic rings. The first-order chi connectivity index (χ1) is 25.5. The van der Waals surface area contributed by atoms with E-state index in [2.05, 4.69) is 148 Å². The normalized spacial score (nSPS) is 17.9. The monoisotopic (exact) mass is 680 g/mol. The Kier molecular flexibility index (Phi) is 12.4. The topological polar surface area (TPSA) is 24.7 Å². The highest BCUT2D eigenvalue weighted by Gasteiger charge is 2.31. The number of hydrogen-bond donors (Lipinski definition) is 0. The summed E-state index contributed by atoms with van der Waals surface area (Å²) in [6.45, 7) is 12.7. The number of aliphatic imine (C=N–C) groups is 2. The first-order valence-electron chi connectivity index (χ1n) is 19.0. The molecule has 2 heteroatoms. The zero-order valence-electron chi connectivity index (χ0n) is 31.0. The summed E-state index contributed by atoms with van der Waals surface area (Å²) in [6.07, 6.45) is 38.6. The molecule has 0 amide bonds. The molecule has 3 aromatic carbocycles. The Hall–Kier alpha value is -5.34. The molecule has 0 unspecified atom stereocenters. The van der Waals surface area contributed by atoms with Gasteiger partial charge < -0.3 is 0 Å². The molecule has 0 spiro atoms. The van der Waals surface area contributed by atoms with Crippen molar-refractivity contribution in [1.82, 2.24) is 0 Å². The van der Waals surface area contributed by atoms with Gasteiger partial charge in [-0.2, -0.15) is 0 Å². The maximum absolute atomic E-state index is 5.10. The summed E-state index contributed by atoms with van der Waals surface area (Å²) < 4.78 is 0. The third-order valence-corrected chi connectivity index (χ3v) is 10.5. The predicted octanol–water partition coefficient (Wildman–Crippen LogP) is 13.4. The number of allylic oxidation sites excluding steroid dienone is 11. The molecular weight excluding hydrogens is 629 g/mol. The van der Waals surface area contributed by atoms with E-state index in [1.54, 1.807) is 0 Å². The molecule has 1 fully saturated rings. The van der Waals surface area contributed by atoms with Gasteiger partial charge in [0.25, 0.3) is 0 Å². The van der Waals surface area contributed by atoms with Crippen LogP contribution in [-0.4, -0.2) is 11.5 Å². The van der Waals surface area contributed by atoms with Gasteiger partial charge in [0.1, 0.15) is 0 Å². The van der Waals surface area contributed by atoms with Gasteiger partial charge >= 0.3 is 0 Å². The molecule has 6 rings (SSSR count). The maximum atomic E-state index is 5.10. The van der Waals surface area contributed by atoms with Crippen molar-refractivity contribution in [3.05, 3.63) is 191 Å². The maximum Gasteiger partial charge on any atom is 0.159 e. The second-order valence-corrected chi connectivity index (χ2v) is 14.1. The fourth-order valence-corrected chi connectivity index (χ4v) is 7.45. The highest BCUT2D eigenvalue weighted by molar-refractivity contribution is 6.13. The summed E-state index contributed by atoms with van der Waals surface area (Å²) in [6, 6.07) is 24.3. The summed E-state index contributed by atoms with van der Waals surface area (Å²) >= 11 is 0. The van der Waals surface area contributed by atoms with E-state index in [-0.39, 0.29) is 5.41 Å². The van der Waals surface area contributed by atoms with Gasteiger partial charge in [-0.05, 0) is 109 Å². The minimum absolute atomic E-state index is 0.00354. The van der Waals surface area contributed by atoms with Crippen LogP contribution in [0.25, 0.3) is 23.4 Å². The number of rotatable bonds is 11. The van der Waals surface area contributed by atoms with E-state index < -0.39 is 0 Å². The van der Waals surface area contributed by atoms with Gasteiger partial charge in [-0.3, -0.25) is 0 Å². The standard InChI is InChI=1S/C50H52N2/c1-5-7-10-19-40-20-17-25-45(36-40)39(4)52-49(44-22-11-8-12-23-44)51-38(3)42-29-31-48(32-30-42)50(33-15-9-16-34-50)35-18-26-41(6-2)47-28-27-43-21-13-14-24-46(43)37-47/h5-7,10-11,14,17-20,22-32,35-37H,2-3,8-9,12-13,15-16,21,33-34H2,1,4H3/b7-5-,19-10-,35-18+,41-26+,51-49?,52-39?. The molecule has 0 aromatic heterocycles. The molecule has 3 aliphatic carbocycles. The van der Waals surface area contributed by atoms with Gasteiger partial charge in [0.2, 0.25) is 0 Å². The van der Waals surface area contributed by atoms with Crippen LogP contribution < -0.4 is 0 Å². The fraction of sp³-hybridized carbons (Fsp3) is 0.240. The molecule has 0 aliphatic heterocycles. The average Bonchev–Trinajstić information content (AvgIpc) is 3.20. The van der Waals surface area contributed by atoms with E-state index in [0.29, 0.717) is 11.5 Å². The fourth-order valence-electron chi connectivity index (χ4n) is 7.45. The van der Waals surface area contributed by atoms with Crippen LogP contribution in [0.15, 0.2) is 162 Å². The number of benzene rings is 3. The molecule has 0 radical (unpaired) electrons. The second-order valence-electron chi connectivity index (χ2n) is 14.1. The van der Waals surface area contributed by atoms with Crippen LogP contribution in [-0.2, 0) is 11.8 Å². The van der Waals surface area contributed by atoms with Crippen LogP contribution in [0.3, 0.4) is 0 Å². The Morgan fingerprint density at radius 1 is 0.788 bits per heavy atom. The summed E-state index contributed by atoms with van der Waals surface area (Å²) in [5.74, 6) is 0.698. The van der Waals surface area contributed by atoms with Crippen LogP contribution in [0.5, 0.6) is 0 Å². The molecule has 262 valence electrons. The largest absolute Gasteiger partial charge is 0.233 e. The van der Waals surface area contributed by atoms with Crippen LogP contribution in [0.4, 0.5) is 0 Å². The number of nitrogens with zero attached hydrogens (tertiary/aromatic N) is 2. The Morgan fingerprint density at radius 2 is 1.60 bits per heavy atom. The second kappa shape index (κ2) is 17.7. The molecule has 0 atom stereocenters. The molecular formula is C50H52N2. The van der Waals surface area contributed by atoms with Gasteiger partial charge in [0, 0.05) is 16.7 Å². The van der Waals surface area contributed by atoms with Crippen molar-refractivity contribution in [2.45, 2.75) is 77.0 Å². The van der Waals surface area contributed by atoms with Crippen molar-refractivity contribution in [1.29, 1.82) is 0 Å². The zero-order chi connectivity index (χ0) is 36.2. The third-order valence-electron chi connectivity index (χ3n) is 10.5. The molecule has 2 nitrogen and oxygen atoms in total. The van der Waals surface area contributed by atoms with E-state index in [1.807, 2.05) is 25.2 Å². The van der Waals surface area contributed by atoms with Crippen molar-refractivity contribution in [3.8, 4) is 0 Å². The van der Waals surface area contributed by atoms with Crippen LogP contribution in [0, 0.1) is 0 Å². The molecule has 0 heterocycles. The highest BCUT2D eigenvalue weighted by Crippen LogP contribution is 2.41. The van der Waals surface area contributed by atoms with Crippen molar-refractivity contribution < 1.29 is 0 Å². The quantitative estimate of drug-likeness (QED) is 0.109. The predicted molar refractivity (Wildman–Crippen MR) is 228 cm³/mol. The van der Waals surface area contributed by atoms with Gasteiger partial charge in [-0.1, -0.05) is 166 Å². The van der Waals surface area contributed by atoms with Gasteiger partial charge in [-0.25, -0.2) is 9.98 Å². The van der Waals surface area contributed by atoms with Crippen LogP contribution >= 0.6 is 0 Å². The van der Waals surface area contributed by atoms with Crippen molar-refractivity contribution in [2.24, 2.45) is 9.98 Å². The first-order valence-corrected chi connectivity index (χ1v) is 19.0. The van der Waals surface area contributed by atoms with Gasteiger partial charge in [0.15, 0.2) is 5.84 Å². The van der Waals surface area contributed by atoms with Gasteiger partial charge in [0.05, 0.1) is 5.70 Å². The Labute approximate surface area is 312 Å². The number of hydrogen-bond acceptors (Lipinski definition) is 1. The van der Waals surface area contributed by atoms with Crippen molar-refractivity contribution in [2.75, 3.05) is 0 Å². The first kappa shape index (κ1) is 36.5. The third kappa shape index (κ3) is 9.11. The van der Waals surface area contributed by atoms with Crippen molar-refractivity contribution >= 4 is 35.0 Å². The highest BCUT2D eigenvalue weighted by atomic mass is 14.9. The number of fused-ring (bicyclic) bond motifs is 1. The number of aryl methyl sites for hydroxylation is 1. The van der Waals surface area contributed by atoms with E-state index in [4.69, 9.17) is 9.98 Å².